The van der Waals surface area contributed by atoms with Crippen molar-refractivity contribution in [2.45, 2.75) is 24.2 Å². The molecule has 414 valence electrons. The number of hydrogen-bond donors (Lipinski definition) is 0. The van der Waals surface area contributed by atoms with E-state index in [1.807, 2.05) is 24.3 Å². The summed E-state index contributed by atoms with van der Waals surface area (Å²) in [6.07, 6.45) is -9.42. The van der Waals surface area contributed by atoms with Crippen molar-refractivity contribution in [2.24, 2.45) is 4.99 Å². The van der Waals surface area contributed by atoms with Gasteiger partial charge in [-0.1, -0.05) is 97.1 Å². The van der Waals surface area contributed by atoms with Gasteiger partial charge in [0.25, 0.3) is 0 Å². The number of alkyl halides is 10. The molecule has 0 atom stereocenters. The smallest absolute Gasteiger partial charge is 0.457 e. The predicted molar refractivity (Wildman–Crippen MR) is 292 cm³/mol. The largest absolute Gasteiger partial charge is 0.598 e. The Morgan fingerprint density at radius 1 is 0.390 bits per heavy atom. The van der Waals surface area contributed by atoms with E-state index >= 15 is 17.6 Å². The zero-order valence-electron chi connectivity index (χ0n) is 42.6. The molecular weight excluding hydrogens is 1080 g/mol. The van der Waals surface area contributed by atoms with E-state index in [0.29, 0.717) is 68.2 Å². The third-order valence-electron chi connectivity index (χ3n) is 12.5. The van der Waals surface area contributed by atoms with Crippen LogP contribution in [0.4, 0.5) is 43.9 Å². The number of halogens is 10. The molecule has 0 bridgehead atoms. The van der Waals surface area contributed by atoms with E-state index in [2.05, 4.69) is 0 Å². The molecule has 0 amide bonds. The van der Waals surface area contributed by atoms with Crippen molar-refractivity contribution in [1.29, 1.82) is 0 Å². The van der Waals surface area contributed by atoms with Crippen molar-refractivity contribution in [2.75, 3.05) is 13.2 Å². The molecule has 0 saturated carbocycles. The predicted octanol–water partition coefficient (Wildman–Crippen LogP) is 18.2. The van der Waals surface area contributed by atoms with Gasteiger partial charge in [-0.05, 0) is 156 Å². The molecule has 1 aromatic heterocycles. The van der Waals surface area contributed by atoms with Crippen LogP contribution in [0.2, 0.25) is 0 Å². The first-order chi connectivity index (χ1) is 39.4. The Bertz CT molecular complexity index is 3660. The molecule has 2 heterocycles. The van der Waals surface area contributed by atoms with E-state index in [1.165, 1.54) is 36.4 Å². The number of ether oxygens (including phenoxy) is 4. The fourth-order valence-corrected chi connectivity index (χ4v) is 8.42. The molecule has 0 aliphatic carbocycles. The van der Waals surface area contributed by atoms with Crippen molar-refractivity contribution in [3.63, 3.8) is 0 Å². The van der Waals surface area contributed by atoms with Crippen LogP contribution in [0.3, 0.4) is 0 Å². The summed E-state index contributed by atoms with van der Waals surface area (Å²) in [5, 5.41) is 0. The lowest BCUT2D eigenvalue weighted by molar-refractivity contribution is -0.295. The highest BCUT2D eigenvalue weighted by molar-refractivity contribution is 6.44. The van der Waals surface area contributed by atoms with E-state index in [9.17, 15) is 26.3 Å². The number of nitrogens with zero attached hydrogens (tertiary/aromatic N) is 2. The standard InChI is InChI=1S/C63H43BF10N2O6/c65-60(66,62(69,70)71)40-77-64(78-41-61(67,68)63(72,73)74)76-58(45-27-35-53(36-28-45)82-49-19-11-4-12-20-49)38-55(43-23-31-51(32-24-43)80-47-15-7-2-8-16-47)59(76)39-57-54(42-21-29-50(30-22-42)79-46-13-5-1-6-14-46)37-56(75-57)44-25-33-52(34-26-44)81-48-17-9-3-10-18-48/h1-39H,40-41H2/b57-39-. The number of allylic oxidation sites excluding steroid dienone is 2. The van der Waals surface area contributed by atoms with Gasteiger partial charge in [0, 0.05) is 28.1 Å². The lowest BCUT2D eigenvalue weighted by atomic mass is 9.98. The van der Waals surface area contributed by atoms with E-state index in [0.717, 1.165) is 4.48 Å². The van der Waals surface area contributed by atoms with E-state index in [4.69, 9.17) is 33.2 Å². The van der Waals surface area contributed by atoms with Crippen LogP contribution in [0.25, 0.3) is 34.0 Å². The summed E-state index contributed by atoms with van der Waals surface area (Å²) in [5.41, 5.74) is 2.09. The van der Waals surface area contributed by atoms with Gasteiger partial charge in [0.15, 0.2) is 0 Å². The van der Waals surface area contributed by atoms with Crippen LogP contribution in [-0.2, 0) is 9.31 Å². The molecule has 0 N–H and O–H groups in total. The normalized spacial score (nSPS) is 13.4. The first-order valence-corrected chi connectivity index (χ1v) is 25.1. The fourth-order valence-electron chi connectivity index (χ4n) is 8.42. The minimum absolute atomic E-state index is 0.0964. The van der Waals surface area contributed by atoms with Crippen LogP contribution in [0.5, 0.6) is 46.0 Å². The second kappa shape index (κ2) is 23.8. The number of para-hydroxylation sites is 4. The second-order valence-electron chi connectivity index (χ2n) is 18.4. The van der Waals surface area contributed by atoms with Crippen LogP contribution in [-0.4, -0.2) is 54.9 Å². The Morgan fingerprint density at radius 3 is 1.09 bits per heavy atom. The number of aliphatic imine (C=N–C) groups is 1. The van der Waals surface area contributed by atoms with Crippen molar-refractivity contribution >= 4 is 24.6 Å². The van der Waals surface area contributed by atoms with Gasteiger partial charge < -0.3 is 32.7 Å². The first-order valence-electron chi connectivity index (χ1n) is 25.1. The van der Waals surface area contributed by atoms with E-state index in [1.54, 1.807) is 176 Å². The van der Waals surface area contributed by atoms with Crippen molar-refractivity contribution in [3.05, 3.63) is 253 Å². The zero-order chi connectivity index (χ0) is 57.5. The molecule has 10 rings (SSSR count). The van der Waals surface area contributed by atoms with Crippen LogP contribution in [0.15, 0.2) is 241 Å². The van der Waals surface area contributed by atoms with Crippen molar-refractivity contribution in [3.8, 4) is 68.4 Å². The topological polar surface area (TPSA) is 72.7 Å². The van der Waals surface area contributed by atoms with Gasteiger partial charge in [0.2, 0.25) is 0 Å². The lowest BCUT2D eigenvalue weighted by Gasteiger charge is -2.26. The Morgan fingerprint density at radius 2 is 0.720 bits per heavy atom. The molecule has 9 aromatic rings. The molecule has 0 spiro atoms. The van der Waals surface area contributed by atoms with Gasteiger partial charge in [-0.25, -0.2) is 4.99 Å². The second-order valence-corrected chi connectivity index (χ2v) is 18.4. The molecule has 0 saturated heterocycles. The third kappa shape index (κ3) is 13.3. The minimum Gasteiger partial charge on any atom is -0.457 e. The average Bonchev–Trinajstić information content (AvgIpc) is 4.27. The maximum Gasteiger partial charge on any atom is 0.598 e. The minimum atomic E-state index is -6.26. The van der Waals surface area contributed by atoms with Crippen LogP contribution in [0.1, 0.15) is 16.8 Å². The quantitative estimate of drug-likeness (QED) is 0.0559. The summed E-state index contributed by atoms with van der Waals surface area (Å²) in [6.45, 7) is -5.15. The highest BCUT2D eigenvalue weighted by atomic mass is 19.4. The molecule has 8 nitrogen and oxygen atoms in total. The van der Waals surface area contributed by atoms with E-state index in [-0.39, 0.29) is 34.0 Å². The average molecular weight is 1120 g/mol. The summed E-state index contributed by atoms with van der Waals surface area (Å²) >= 11 is 0. The van der Waals surface area contributed by atoms with Crippen LogP contribution >= 0.6 is 0 Å². The molecule has 0 radical (unpaired) electrons. The van der Waals surface area contributed by atoms with Crippen molar-refractivity contribution in [1.82, 2.24) is 4.48 Å². The summed E-state index contributed by atoms with van der Waals surface area (Å²) in [7, 11) is -2.86. The summed E-state index contributed by atoms with van der Waals surface area (Å²) in [6, 6.07) is 62.6. The van der Waals surface area contributed by atoms with Crippen LogP contribution < -0.4 is 18.9 Å². The Hall–Kier alpha value is -9.33. The summed E-state index contributed by atoms with van der Waals surface area (Å²) in [4.78, 5) is 5.02. The molecule has 8 aromatic carbocycles. The lowest BCUT2D eigenvalue weighted by Crippen LogP contribution is -2.48. The number of aromatic nitrogens is 1. The van der Waals surface area contributed by atoms with Gasteiger partial charge in [0.1, 0.15) is 59.2 Å². The molecule has 1 aliphatic heterocycles. The Kier molecular flexibility index (Phi) is 16.2. The number of benzene rings is 8. The van der Waals surface area contributed by atoms with Gasteiger partial charge in [0.05, 0.1) is 11.4 Å². The highest BCUT2D eigenvalue weighted by Crippen LogP contribution is 2.43. The third-order valence-corrected chi connectivity index (χ3v) is 12.5. The summed E-state index contributed by atoms with van der Waals surface area (Å²) < 4.78 is 179. The molecular formula is C63H43BF10N2O6. The van der Waals surface area contributed by atoms with Crippen molar-refractivity contribution < 1.29 is 72.2 Å². The van der Waals surface area contributed by atoms with Gasteiger partial charge in [-0.3, -0.25) is 0 Å². The zero-order valence-corrected chi connectivity index (χ0v) is 42.6. The summed E-state index contributed by atoms with van der Waals surface area (Å²) in [5.74, 6) is -7.77. The molecule has 82 heavy (non-hydrogen) atoms. The van der Waals surface area contributed by atoms with Gasteiger partial charge in [-0.15, -0.1) is 0 Å². The first kappa shape index (κ1) is 56.0. The van der Waals surface area contributed by atoms with Crippen LogP contribution in [0, 0.1) is 0 Å². The maximum absolute atomic E-state index is 15.0. The number of rotatable bonds is 20. The molecule has 0 unspecified atom stereocenters. The monoisotopic (exact) mass is 1120 g/mol. The molecule has 0 fully saturated rings. The number of hydrogen-bond acceptors (Lipinski definition) is 7. The maximum atomic E-state index is 15.0. The highest BCUT2D eigenvalue weighted by Gasteiger charge is 2.60. The van der Waals surface area contributed by atoms with E-state index < -0.39 is 44.7 Å². The molecule has 19 heteroatoms. The SMILES string of the molecule is FC(F)(F)C(F)(F)COB(OCC(F)(F)C(F)(F)F)n1c(-c2ccc(Oc3ccccc3)cc2)cc(-c2ccc(Oc3ccccc3)cc2)c1/C=C1\N=C(c2ccc(Oc3ccccc3)cc2)C=C1c1ccc(Oc2ccccc2)cc1. The Balaban J connectivity index is 1.18. The van der Waals surface area contributed by atoms with Gasteiger partial charge >= 0.3 is 31.5 Å². The fraction of sp³-hybridized carbons (Fsp3) is 0.0952. The Labute approximate surface area is 463 Å². The van der Waals surface area contributed by atoms with Gasteiger partial charge in [-0.2, -0.15) is 43.9 Å². The molecule has 1 aliphatic rings.